The summed E-state index contributed by atoms with van der Waals surface area (Å²) in [4.78, 5) is 35.5. The van der Waals surface area contributed by atoms with Gasteiger partial charge in [0.05, 0.1) is 4.88 Å². The Balaban J connectivity index is 1.78. The van der Waals surface area contributed by atoms with E-state index in [1.165, 1.54) is 13.0 Å². The third-order valence-corrected chi connectivity index (χ3v) is 4.26. The van der Waals surface area contributed by atoms with Crippen molar-refractivity contribution in [2.45, 2.75) is 20.4 Å². The van der Waals surface area contributed by atoms with Crippen molar-refractivity contribution in [3.63, 3.8) is 0 Å². The lowest BCUT2D eigenvalue weighted by Gasteiger charge is -2.06. The molecule has 1 amide bonds. The zero-order chi connectivity index (χ0) is 16.8. The van der Waals surface area contributed by atoms with Crippen LogP contribution in [-0.2, 0) is 16.1 Å². The first-order chi connectivity index (χ1) is 11.0. The van der Waals surface area contributed by atoms with Gasteiger partial charge in [-0.3, -0.25) is 9.59 Å². The number of rotatable bonds is 6. The Morgan fingerprint density at radius 1 is 1.04 bits per heavy atom. The third-order valence-electron chi connectivity index (χ3n) is 3.10. The molecule has 0 bridgehead atoms. The topological polar surface area (TPSA) is 72.5 Å². The molecular weight excluding hydrogens is 314 g/mol. The second kappa shape index (κ2) is 7.69. The van der Waals surface area contributed by atoms with Crippen LogP contribution in [0.15, 0.2) is 36.4 Å². The van der Waals surface area contributed by atoms with Crippen molar-refractivity contribution in [3.05, 3.63) is 57.3 Å². The summed E-state index contributed by atoms with van der Waals surface area (Å²) in [6, 6.07) is 10.9. The maximum atomic E-state index is 11.8. The number of carbonyl (C=O) groups excluding carboxylic acids is 3. The molecule has 1 N–H and O–H groups in total. The number of amides is 1. The first-order valence-electron chi connectivity index (χ1n) is 7.06. The van der Waals surface area contributed by atoms with Crippen molar-refractivity contribution in [3.8, 4) is 0 Å². The van der Waals surface area contributed by atoms with Crippen LogP contribution in [0.1, 0.15) is 37.4 Å². The third kappa shape index (κ3) is 5.03. The minimum Gasteiger partial charge on any atom is -0.451 e. The predicted molar refractivity (Wildman–Crippen MR) is 87.6 cm³/mol. The van der Waals surface area contributed by atoms with Crippen LogP contribution >= 0.6 is 11.3 Å². The molecule has 0 radical (unpaired) electrons. The molecule has 1 heterocycles. The molecule has 0 unspecified atom stereocenters. The Hall–Kier alpha value is -2.47. The number of benzene rings is 1. The highest BCUT2D eigenvalue weighted by atomic mass is 32.1. The first kappa shape index (κ1) is 16.9. The summed E-state index contributed by atoms with van der Waals surface area (Å²) in [5.41, 5.74) is 2.12. The van der Waals surface area contributed by atoms with Crippen LogP contribution in [0, 0.1) is 6.92 Å². The Labute approximate surface area is 138 Å². The van der Waals surface area contributed by atoms with Gasteiger partial charge in [0.1, 0.15) is 4.88 Å². The smallest absolute Gasteiger partial charge is 0.348 e. The van der Waals surface area contributed by atoms with E-state index in [0.717, 1.165) is 22.5 Å². The number of hydrogen-bond donors (Lipinski definition) is 1. The first-order valence-corrected chi connectivity index (χ1v) is 7.87. The lowest BCUT2D eigenvalue weighted by Crippen LogP contribution is -2.28. The van der Waals surface area contributed by atoms with Crippen LogP contribution in [0.2, 0.25) is 0 Å². The number of esters is 1. The summed E-state index contributed by atoms with van der Waals surface area (Å²) < 4.78 is 4.94. The van der Waals surface area contributed by atoms with Gasteiger partial charge in [-0.2, -0.15) is 0 Å². The average Bonchev–Trinajstić information content (AvgIpc) is 3.02. The molecule has 0 atom stereocenters. The zero-order valence-electron chi connectivity index (χ0n) is 12.9. The van der Waals surface area contributed by atoms with Gasteiger partial charge in [-0.25, -0.2) is 4.79 Å². The molecule has 5 nitrogen and oxygen atoms in total. The molecule has 0 saturated heterocycles. The minimum absolute atomic E-state index is 0.107. The highest BCUT2D eigenvalue weighted by molar-refractivity contribution is 7.15. The van der Waals surface area contributed by atoms with Crippen molar-refractivity contribution in [2.24, 2.45) is 0 Å². The largest absolute Gasteiger partial charge is 0.451 e. The fraction of sp³-hybridized carbons (Fsp3) is 0.235. The van der Waals surface area contributed by atoms with E-state index in [2.05, 4.69) is 5.32 Å². The van der Waals surface area contributed by atoms with E-state index in [0.29, 0.717) is 16.3 Å². The van der Waals surface area contributed by atoms with Gasteiger partial charge in [-0.15, -0.1) is 11.3 Å². The van der Waals surface area contributed by atoms with Crippen molar-refractivity contribution in [1.82, 2.24) is 5.32 Å². The second-order valence-corrected chi connectivity index (χ2v) is 6.14. The number of ketones is 1. The average molecular weight is 331 g/mol. The molecule has 0 spiro atoms. The molecule has 2 aromatic rings. The minimum atomic E-state index is -0.604. The standard InChI is InChI=1S/C17H17NO4S/c1-11-3-5-13(6-4-11)9-18-16(20)10-22-17(21)15-8-7-14(23-15)12(2)19/h3-8H,9-10H2,1-2H3,(H,18,20). The maximum absolute atomic E-state index is 11.8. The van der Waals surface area contributed by atoms with Gasteiger partial charge in [-0.1, -0.05) is 29.8 Å². The van der Waals surface area contributed by atoms with Crippen molar-refractivity contribution >= 4 is 29.0 Å². The summed E-state index contributed by atoms with van der Waals surface area (Å²) in [5, 5.41) is 2.68. The Morgan fingerprint density at radius 2 is 1.70 bits per heavy atom. The fourth-order valence-electron chi connectivity index (χ4n) is 1.80. The molecule has 0 aliphatic carbocycles. The molecule has 0 fully saturated rings. The summed E-state index contributed by atoms with van der Waals surface area (Å²) >= 11 is 1.06. The molecule has 23 heavy (non-hydrogen) atoms. The van der Waals surface area contributed by atoms with Crippen molar-refractivity contribution in [1.29, 1.82) is 0 Å². The van der Waals surface area contributed by atoms with Gasteiger partial charge in [-0.05, 0) is 31.5 Å². The molecule has 0 aliphatic heterocycles. The molecular formula is C17H17NO4S. The number of aryl methyl sites for hydroxylation is 1. The number of Topliss-reactive ketones (excluding diaryl/α,β-unsaturated/α-hetero) is 1. The van der Waals surface area contributed by atoms with E-state index in [1.807, 2.05) is 31.2 Å². The molecule has 120 valence electrons. The van der Waals surface area contributed by atoms with Gasteiger partial charge in [0.25, 0.3) is 5.91 Å². The molecule has 0 saturated carbocycles. The van der Waals surface area contributed by atoms with Gasteiger partial charge in [0.2, 0.25) is 0 Å². The van der Waals surface area contributed by atoms with E-state index >= 15 is 0 Å². The van der Waals surface area contributed by atoms with Crippen molar-refractivity contribution in [2.75, 3.05) is 6.61 Å². The van der Waals surface area contributed by atoms with Gasteiger partial charge >= 0.3 is 5.97 Å². The van der Waals surface area contributed by atoms with Crippen LogP contribution in [0.4, 0.5) is 0 Å². The molecule has 6 heteroatoms. The number of nitrogens with one attached hydrogen (secondary N) is 1. The fourth-order valence-corrected chi connectivity index (χ4v) is 2.59. The van der Waals surface area contributed by atoms with Gasteiger partial charge < -0.3 is 10.1 Å². The number of ether oxygens (including phenoxy) is 1. The summed E-state index contributed by atoms with van der Waals surface area (Å²) in [6.45, 7) is 3.45. The number of thiophene rings is 1. The Kier molecular flexibility index (Phi) is 5.65. The van der Waals surface area contributed by atoms with Crippen molar-refractivity contribution < 1.29 is 19.1 Å². The van der Waals surface area contributed by atoms with E-state index < -0.39 is 5.97 Å². The number of hydrogen-bond acceptors (Lipinski definition) is 5. The summed E-state index contributed by atoms with van der Waals surface area (Å²) in [5.74, 6) is -1.08. The SMILES string of the molecule is CC(=O)c1ccc(C(=O)OCC(=O)NCc2ccc(C)cc2)s1. The van der Waals surface area contributed by atoms with E-state index in [4.69, 9.17) is 4.74 Å². The Bertz CT molecular complexity index is 718. The second-order valence-electron chi connectivity index (χ2n) is 5.06. The molecule has 2 rings (SSSR count). The van der Waals surface area contributed by atoms with E-state index in [1.54, 1.807) is 6.07 Å². The van der Waals surface area contributed by atoms with Crippen LogP contribution < -0.4 is 5.32 Å². The highest BCUT2D eigenvalue weighted by Gasteiger charge is 2.14. The molecule has 1 aromatic carbocycles. The summed E-state index contributed by atoms with van der Waals surface area (Å²) in [6.07, 6.45) is 0. The highest BCUT2D eigenvalue weighted by Crippen LogP contribution is 2.17. The normalized spacial score (nSPS) is 10.2. The Morgan fingerprint density at radius 3 is 2.30 bits per heavy atom. The van der Waals surface area contributed by atoms with E-state index in [-0.39, 0.29) is 18.3 Å². The van der Waals surface area contributed by atoms with Crippen LogP contribution in [0.3, 0.4) is 0 Å². The lowest BCUT2D eigenvalue weighted by molar-refractivity contribution is -0.124. The van der Waals surface area contributed by atoms with Crippen LogP contribution in [-0.4, -0.2) is 24.3 Å². The quantitative estimate of drug-likeness (QED) is 0.652. The van der Waals surface area contributed by atoms with Gasteiger partial charge in [0, 0.05) is 6.54 Å². The van der Waals surface area contributed by atoms with Crippen LogP contribution in [0.5, 0.6) is 0 Å². The molecule has 0 aliphatic rings. The lowest BCUT2D eigenvalue weighted by atomic mass is 10.1. The number of carbonyl (C=O) groups is 3. The van der Waals surface area contributed by atoms with Crippen LogP contribution in [0.25, 0.3) is 0 Å². The monoisotopic (exact) mass is 331 g/mol. The summed E-state index contributed by atoms with van der Waals surface area (Å²) in [7, 11) is 0. The maximum Gasteiger partial charge on any atom is 0.348 e. The molecule has 1 aromatic heterocycles. The van der Waals surface area contributed by atoms with Gasteiger partial charge in [0.15, 0.2) is 12.4 Å². The van der Waals surface area contributed by atoms with E-state index in [9.17, 15) is 14.4 Å². The zero-order valence-corrected chi connectivity index (χ0v) is 13.7. The predicted octanol–water partition coefficient (Wildman–Crippen LogP) is 2.73.